The van der Waals surface area contributed by atoms with E-state index in [1.807, 2.05) is 18.2 Å². The molecule has 126 valence electrons. The lowest BCUT2D eigenvalue weighted by atomic mass is 10.2. The lowest BCUT2D eigenvalue weighted by molar-refractivity contribution is 0.0949. The monoisotopic (exact) mass is 353 g/mol. The molecule has 0 aliphatic rings. The molecule has 0 saturated carbocycles. The Labute approximate surface area is 147 Å². The minimum Gasteiger partial charge on any atom is -0.351 e. The molecule has 4 rings (SSSR count). The molecular weight excluding hydrogens is 337 g/mol. The highest BCUT2D eigenvalue weighted by atomic mass is 32.1. The van der Waals surface area contributed by atoms with Crippen LogP contribution < -0.4 is 5.32 Å². The van der Waals surface area contributed by atoms with E-state index >= 15 is 0 Å². The fourth-order valence-electron chi connectivity index (χ4n) is 2.79. The van der Waals surface area contributed by atoms with Crippen molar-refractivity contribution in [2.75, 3.05) is 6.54 Å². The number of nitrogens with zero attached hydrogens (tertiary/aromatic N) is 1. The number of aryl methyl sites for hydroxylation is 1. The first-order valence-corrected chi connectivity index (χ1v) is 8.91. The van der Waals surface area contributed by atoms with E-state index in [4.69, 9.17) is 0 Å². The summed E-state index contributed by atoms with van der Waals surface area (Å²) in [6, 6.07) is 14.2. The van der Waals surface area contributed by atoms with Crippen molar-refractivity contribution in [2.45, 2.75) is 12.8 Å². The van der Waals surface area contributed by atoms with E-state index in [-0.39, 0.29) is 11.7 Å². The fourth-order valence-corrected chi connectivity index (χ4v) is 3.80. The molecule has 1 amide bonds. The van der Waals surface area contributed by atoms with Gasteiger partial charge in [-0.15, -0.1) is 11.3 Å². The number of rotatable bonds is 5. The van der Waals surface area contributed by atoms with Crippen molar-refractivity contribution in [3.63, 3.8) is 0 Å². The molecule has 2 N–H and O–H groups in total. The lowest BCUT2D eigenvalue weighted by Gasteiger charge is -2.02. The standard InChI is InChI=1S/C19H16FN3OS/c20-13-7-8-14-12(10-13)11-16(22-14)19(24)21-9-3-6-18-23-15-4-1-2-5-17(15)25-18/h1-2,4-5,7-8,10-11,22H,3,6,9H2,(H,21,24). The number of fused-ring (bicyclic) bond motifs is 2. The zero-order valence-corrected chi connectivity index (χ0v) is 14.2. The first-order chi connectivity index (χ1) is 12.2. The summed E-state index contributed by atoms with van der Waals surface area (Å²) >= 11 is 1.69. The summed E-state index contributed by atoms with van der Waals surface area (Å²) in [5.74, 6) is -0.491. The number of nitrogens with one attached hydrogen (secondary N) is 2. The Bertz CT molecular complexity index is 1020. The van der Waals surface area contributed by atoms with Crippen LogP contribution in [0.15, 0.2) is 48.5 Å². The van der Waals surface area contributed by atoms with Crippen molar-refractivity contribution < 1.29 is 9.18 Å². The molecule has 0 fully saturated rings. The molecule has 0 atom stereocenters. The summed E-state index contributed by atoms with van der Waals surface area (Å²) in [7, 11) is 0. The van der Waals surface area contributed by atoms with Gasteiger partial charge in [-0.3, -0.25) is 4.79 Å². The number of aromatic nitrogens is 2. The van der Waals surface area contributed by atoms with Crippen LogP contribution in [-0.2, 0) is 6.42 Å². The first kappa shape index (κ1) is 15.8. The topological polar surface area (TPSA) is 57.8 Å². The number of hydrogen-bond acceptors (Lipinski definition) is 3. The van der Waals surface area contributed by atoms with Gasteiger partial charge in [0.25, 0.3) is 5.91 Å². The van der Waals surface area contributed by atoms with Crippen molar-refractivity contribution in [3.05, 3.63) is 65.0 Å². The van der Waals surface area contributed by atoms with Crippen LogP contribution >= 0.6 is 11.3 Å². The average Bonchev–Trinajstić information content (AvgIpc) is 3.21. The van der Waals surface area contributed by atoms with Gasteiger partial charge in [0.15, 0.2) is 0 Å². The van der Waals surface area contributed by atoms with E-state index in [9.17, 15) is 9.18 Å². The average molecular weight is 353 g/mol. The highest BCUT2D eigenvalue weighted by molar-refractivity contribution is 7.18. The summed E-state index contributed by atoms with van der Waals surface area (Å²) in [4.78, 5) is 19.8. The largest absolute Gasteiger partial charge is 0.351 e. The summed E-state index contributed by atoms with van der Waals surface area (Å²) in [5.41, 5.74) is 2.22. The summed E-state index contributed by atoms with van der Waals surface area (Å²) in [6.45, 7) is 0.568. The number of aromatic amines is 1. The number of amides is 1. The van der Waals surface area contributed by atoms with Gasteiger partial charge in [-0.25, -0.2) is 9.37 Å². The van der Waals surface area contributed by atoms with E-state index in [0.29, 0.717) is 17.6 Å². The van der Waals surface area contributed by atoms with E-state index in [2.05, 4.69) is 21.4 Å². The number of carbonyl (C=O) groups is 1. The number of benzene rings is 2. The highest BCUT2D eigenvalue weighted by Crippen LogP contribution is 2.22. The van der Waals surface area contributed by atoms with Crippen LogP contribution in [0, 0.1) is 5.82 Å². The van der Waals surface area contributed by atoms with Gasteiger partial charge in [-0.2, -0.15) is 0 Å². The van der Waals surface area contributed by atoms with Crippen LogP contribution in [0.4, 0.5) is 4.39 Å². The van der Waals surface area contributed by atoms with Crippen LogP contribution in [0.3, 0.4) is 0 Å². The van der Waals surface area contributed by atoms with Crippen LogP contribution in [0.5, 0.6) is 0 Å². The van der Waals surface area contributed by atoms with Gasteiger partial charge in [0.05, 0.1) is 15.2 Å². The van der Waals surface area contributed by atoms with E-state index in [0.717, 1.165) is 28.9 Å². The van der Waals surface area contributed by atoms with Gasteiger partial charge in [0.2, 0.25) is 0 Å². The highest BCUT2D eigenvalue weighted by Gasteiger charge is 2.10. The molecule has 4 nitrogen and oxygen atoms in total. The van der Waals surface area contributed by atoms with Gasteiger partial charge < -0.3 is 10.3 Å². The number of para-hydroxylation sites is 1. The maximum Gasteiger partial charge on any atom is 0.267 e. The van der Waals surface area contributed by atoms with Gasteiger partial charge in [-0.1, -0.05) is 12.1 Å². The SMILES string of the molecule is O=C(NCCCc1nc2ccccc2s1)c1cc2cc(F)ccc2[nH]1. The predicted molar refractivity (Wildman–Crippen MR) is 98.5 cm³/mol. The predicted octanol–water partition coefficient (Wildman–Crippen LogP) is 4.28. The van der Waals surface area contributed by atoms with E-state index in [1.165, 1.54) is 16.8 Å². The number of H-pyrrole nitrogens is 1. The molecule has 2 aromatic heterocycles. The summed E-state index contributed by atoms with van der Waals surface area (Å²) in [5, 5.41) is 4.67. The molecule has 0 unspecified atom stereocenters. The second kappa shape index (κ2) is 6.64. The Morgan fingerprint density at radius 1 is 1.20 bits per heavy atom. The molecule has 0 saturated heterocycles. The maximum atomic E-state index is 13.2. The Hall–Kier alpha value is -2.73. The van der Waals surface area contributed by atoms with Gasteiger partial charge in [0.1, 0.15) is 11.5 Å². The Morgan fingerprint density at radius 2 is 2.08 bits per heavy atom. The molecule has 0 aliphatic heterocycles. The van der Waals surface area contributed by atoms with Crippen molar-refractivity contribution in [1.29, 1.82) is 0 Å². The van der Waals surface area contributed by atoms with Crippen molar-refractivity contribution in [1.82, 2.24) is 15.3 Å². The minimum atomic E-state index is -0.311. The third-order valence-corrected chi connectivity index (χ3v) is 5.11. The molecule has 0 bridgehead atoms. The third-order valence-electron chi connectivity index (χ3n) is 4.02. The first-order valence-electron chi connectivity index (χ1n) is 8.10. The Morgan fingerprint density at radius 3 is 2.96 bits per heavy atom. The molecule has 2 aromatic carbocycles. The van der Waals surface area contributed by atoms with E-state index < -0.39 is 0 Å². The number of thiazole rings is 1. The third kappa shape index (κ3) is 3.39. The molecule has 0 aliphatic carbocycles. The second-order valence-corrected chi connectivity index (χ2v) is 6.96. The summed E-state index contributed by atoms with van der Waals surface area (Å²) < 4.78 is 14.4. The normalized spacial score (nSPS) is 11.2. The van der Waals surface area contributed by atoms with Crippen LogP contribution in [0.2, 0.25) is 0 Å². The fraction of sp³-hybridized carbons (Fsp3) is 0.158. The Kier molecular flexibility index (Phi) is 4.19. The molecular formula is C19H16FN3OS. The van der Waals surface area contributed by atoms with Gasteiger partial charge in [0, 0.05) is 23.9 Å². The molecule has 4 aromatic rings. The second-order valence-electron chi connectivity index (χ2n) is 5.85. The van der Waals surface area contributed by atoms with Crippen molar-refractivity contribution in [2.24, 2.45) is 0 Å². The molecule has 25 heavy (non-hydrogen) atoms. The van der Waals surface area contributed by atoms with Gasteiger partial charge in [-0.05, 0) is 42.8 Å². The van der Waals surface area contributed by atoms with Crippen LogP contribution in [-0.4, -0.2) is 22.4 Å². The number of carbonyl (C=O) groups excluding carboxylic acids is 1. The van der Waals surface area contributed by atoms with E-state index in [1.54, 1.807) is 23.5 Å². The minimum absolute atomic E-state index is 0.180. The van der Waals surface area contributed by atoms with Crippen molar-refractivity contribution in [3.8, 4) is 0 Å². The number of hydrogen-bond donors (Lipinski definition) is 2. The Balaban J connectivity index is 1.33. The lowest BCUT2D eigenvalue weighted by Crippen LogP contribution is -2.25. The molecule has 2 heterocycles. The van der Waals surface area contributed by atoms with Gasteiger partial charge >= 0.3 is 0 Å². The number of halogens is 1. The molecule has 0 radical (unpaired) electrons. The summed E-state index contributed by atoms with van der Waals surface area (Å²) in [6.07, 6.45) is 1.65. The van der Waals surface area contributed by atoms with Crippen LogP contribution in [0.1, 0.15) is 21.9 Å². The zero-order chi connectivity index (χ0) is 17.2. The smallest absolute Gasteiger partial charge is 0.267 e. The van der Waals surface area contributed by atoms with Crippen LogP contribution in [0.25, 0.3) is 21.1 Å². The molecule has 0 spiro atoms. The molecule has 6 heteroatoms. The quantitative estimate of drug-likeness (QED) is 0.526. The zero-order valence-electron chi connectivity index (χ0n) is 13.4. The maximum absolute atomic E-state index is 13.2. The van der Waals surface area contributed by atoms with Crippen molar-refractivity contribution >= 4 is 38.4 Å².